The second-order valence-electron chi connectivity index (χ2n) is 4.24. The van der Waals surface area contributed by atoms with Gasteiger partial charge >= 0.3 is 5.97 Å². The third-order valence-electron chi connectivity index (χ3n) is 2.35. The van der Waals surface area contributed by atoms with E-state index < -0.39 is 11.8 Å². The van der Waals surface area contributed by atoms with Gasteiger partial charge in [0.25, 0.3) is 0 Å². The van der Waals surface area contributed by atoms with Crippen molar-refractivity contribution in [1.82, 2.24) is 0 Å². The van der Waals surface area contributed by atoms with E-state index in [1.807, 2.05) is 0 Å². The molecule has 0 radical (unpaired) electrons. The summed E-state index contributed by atoms with van der Waals surface area (Å²) in [5.41, 5.74) is 0.298. The molecular weight excluding hydrogens is 315 g/mol. The average molecular weight is 327 g/mol. The third-order valence-corrected chi connectivity index (χ3v) is 2.84. The maximum atomic E-state index is 13.8. The van der Waals surface area contributed by atoms with Gasteiger partial charge < -0.3 is 9.15 Å². The number of hydrogen-bond acceptors (Lipinski definition) is 3. The normalized spacial score (nSPS) is 10.8. The van der Waals surface area contributed by atoms with Crippen LogP contribution in [-0.4, -0.2) is 12.1 Å². The first kappa shape index (κ1) is 13.8. The van der Waals surface area contributed by atoms with E-state index in [9.17, 15) is 9.18 Å². The molecule has 0 unspecified atom stereocenters. The maximum absolute atomic E-state index is 13.8. The van der Waals surface area contributed by atoms with Gasteiger partial charge in [0.05, 0.1) is 11.7 Å². The molecule has 3 nitrogen and oxygen atoms in total. The maximum Gasteiger partial charge on any atom is 0.374 e. The predicted octanol–water partition coefficient (Wildman–Crippen LogP) is 4.41. The number of carbonyl (C=O) groups is 1. The molecule has 100 valence electrons. The molecular formula is C14H12BrFO3. The molecule has 2 rings (SSSR count). The lowest BCUT2D eigenvalue weighted by Crippen LogP contribution is -2.10. The lowest BCUT2D eigenvalue weighted by atomic mass is 10.1. The Balaban J connectivity index is 2.28. The minimum atomic E-state index is -0.557. The van der Waals surface area contributed by atoms with Crippen molar-refractivity contribution in [1.29, 1.82) is 0 Å². The summed E-state index contributed by atoms with van der Waals surface area (Å²) >= 11 is 3.18. The topological polar surface area (TPSA) is 39.4 Å². The van der Waals surface area contributed by atoms with Gasteiger partial charge in [0, 0.05) is 4.47 Å². The number of halogens is 2. The molecule has 0 atom stereocenters. The zero-order chi connectivity index (χ0) is 14.0. The molecule has 2 aromatic rings. The molecule has 0 aliphatic heterocycles. The molecule has 1 heterocycles. The van der Waals surface area contributed by atoms with Gasteiger partial charge in [-0.15, -0.1) is 0 Å². The van der Waals surface area contributed by atoms with Crippen molar-refractivity contribution < 1.29 is 18.3 Å². The Kier molecular flexibility index (Phi) is 4.04. The molecule has 0 bridgehead atoms. The van der Waals surface area contributed by atoms with Crippen molar-refractivity contribution in [3.63, 3.8) is 0 Å². The summed E-state index contributed by atoms with van der Waals surface area (Å²) in [7, 11) is 0. The van der Waals surface area contributed by atoms with E-state index >= 15 is 0 Å². The van der Waals surface area contributed by atoms with Gasteiger partial charge in [0.1, 0.15) is 11.6 Å². The lowest BCUT2D eigenvalue weighted by Gasteiger charge is -2.05. The van der Waals surface area contributed by atoms with Gasteiger partial charge in [0.15, 0.2) is 0 Å². The molecule has 19 heavy (non-hydrogen) atoms. The third kappa shape index (κ3) is 3.23. The zero-order valence-corrected chi connectivity index (χ0v) is 12.0. The Morgan fingerprint density at radius 1 is 1.32 bits per heavy atom. The summed E-state index contributed by atoms with van der Waals surface area (Å²) < 4.78 is 24.7. The molecule has 0 aliphatic carbocycles. The number of ether oxygens (including phenoxy) is 1. The van der Waals surface area contributed by atoms with Gasteiger partial charge in [-0.2, -0.15) is 0 Å². The van der Waals surface area contributed by atoms with Crippen LogP contribution in [0.1, 0.15) is 24.4 Å². The second kappa shape index (κ2) is 5.57. The highest BCUT2D eigenvalue weighted by atomic mass is 79.9. The van der Waals surface area contributed by atoms with Gasteiger partial charge in [-0.05, 0) is 44.2 Å². The Hall–Kier alpha value is -1.62. The first-order chi connectivity index (χ1) is 8.97. The Labute approximate surface area is 118 Å². The first-order valence-electron chi connectivity index (χ1n) is 5.73. The molecule has 0 aliphatic rings. The summed E-state index contributed by atoms with van der Waals surface area (Å²) in [6, 6.07) is 7.64. The van der Waals surface area contributed by atoms with Crippen LogP contribution in [-0.2, 0) is 4.74 Å². The summed E-state index contributed by atoms with van der Waals surface area (Å²) in [6.45, 7) is 3.49. The van der Waals surface area contributed by atoms with Crippen molar-refractivity contribution >= 4 is 21.9 Å². The van der Waals surface area contributed by atoms with Crippen LogP contribution in [0, 0.1) is 5.82 Å². The van der Waals surface area contributed by atoms with E-state index in [4.69, 9.17) is 9.15 Å². The number of esters is 1. The van der Waals surface area contributed by atoms with E-state index in [-0.39, 0.29) is 11.9 Å². The van der Waals surface area contributed by atoms with Gasteiger partial charge in [-0.3, -0.25) is 0 Å². The molecule has 0 saturated heterocycles. The van der Waals surface area contributed by atoms with Crippen LogP contribution in [0.2, 0.25) is 0 Å². The van der Waals surface area contributed by atoms with E-state index in [0.717, 1.165) is 0 Å². The molecule has 1 aromatic carbocycles. The van der Waals surface area contributed by atoms with Gasteiger partial charge in [0.2, 0.25) is 5.76 Å². The smallest absolute Gasteiger partial charge is 0.374 e. The van der Waals surface area contributed by atoms with Crippen LogP contribution < -0.4 is 0 Å². The number of benzene rings is 1. The number of hydrogen-bond donors (Lipinski definition) is 0. The minimum Gasteiger partial charge on any atom is -0.457 e. The Morgan fingerprint density at radius 2 is 2.05 bits per heavy atom. The first-order valence-corrected chi connectivity index (χ1v) is 6.53. The highest BCUT2D eigenvalue weighted by Crippen LogP contribution is 2.27. The average Bonchev–Trinajstić information content (AvgIpc) is 2.77. The number of rotatable bonds is 3. The van der Waals surface area contributed by atoms with Crippen molar-refractivity contribution in [2.24, 2.45) is 0 Å². The second-order valence-corrected chi connectivity index (χ2v) is 5.16. The van der Waals surface area contributed by atoms with Crippen LogP contribution in [0.15, 0.2) is 39.2 Å². The van der Waals surface area contributed by atoms with Crippen LogP contribution in [0.4, 0.5) is 4.39 Å². The van der Waals surface area contributed by atoms with Crippen molar-refractivity contribution in [3.05, 3.63) is 46.4 Å². The van der Waals surface area contributed by atoms with Crippen LogP contribution in [0.5, 0.6) is 0 Å². The summed E-state index contributed by atoms with van der Waals surface area (Å²) in [4.78, 5) is 11.6. The summed E-state index contributed by atoms with van der Waals surface area (Å²) in [5.74, 6) is -0.627. The van der Waals surface area contributed by atoms with Crippen molar-refractivity contribution in [2.75, 3.05) is 0 Å². The number of carbonyl (C=O) groups excluding carboxylic acids is 1. The van der Waals surface area contributed by atoms with E-state index in [2.05, 4.69) is 15.9 Å². The Morgan fingerprint density at radius 3 is 2.68 bits per heavy atom. The lowest BCUT2D eigenvalue weighted by molar-refractivity contribution is 0.0342. The summed E-state index contributed by atoms with van der Waals surface area (Å²) in [6.07, 6.45) is -0.231. The zero-order valence-electron chi connectivity index (χ0n) is 10.4. The fourth-order valence-corrected chi connectivity index (χ4v) is 1.89. The molecule has 0 spiro atoms. The molecule has 0 N–H and O–H groups in total. The van der Waals surface area contributed by atoms with E-state index in [0.29, 0.717) is 15.8 Å². The predicted molar refractivity (Wildman–Crippen MR) is 72.4 cm³/mol. The molecule has 0 amide bonds. The Bertz CT molecular complexity index is 604. The molecule has 5 heteroatoms. The molecule has 0 saturated carbocycles. The summed E-state index contributed by atoms with van der Waals surface area (Å²) in [5, 5.41) is 0. The monoisotopic (exact) mass is 326 g/mol. The highest BCUT2D eigenvalue weighted by molar-refractivity contribution is 9.10. The quantitative estimate of drug-likeness (QED) is 0.784. The van der Waals surface area contributed by atoms with Gasteiger partial charge in [-0.25, -0.2) is 9.18 Å². The van der Waals surface area contributed by atoms with E-state index in [1.54, 1.807) is 32.0 Å². The fraction of sp³-hybridized carbons (Fsp3) is 0.214. The van der Waals surface area contributed by atoms with Crippen molar-refractivity contribution in [3.8, 4) is 11.3 Å². The van der Waals surface area contributed by atoms with E-state index in [1.165, 1.54) is 12.1 Å². The van der Waals surface area contributed by atoms with Crippen molar-refractivity contribution in [2.45, 2.75) is 20.0 Å². The van der Waals surface area contributed by atoms with Crippen LogP contribution in [0.3, 0.4) is 0 Å². The molecule has 0 fully saturated rings. The SMILES string of the molecule is CC(C)OC(=O)c1ccc(-c2ccc(Br)cc2F)o1. The highest BCUT2D eigenvalue weighted by Gasteiger charge is 2.16. The molecule has 1 aromatic heterocycles. The van der Waals surface area contributed by atoms with Crippen LogP contribution >= 0.6 is 15.9 Å². The largest absolute Gasteiger partial charge is 0.457 e. The fourth-order valence-electron chi connectivity index (χ4n) is 1.55. The van der Waals surface area contributed by atoms with Crippen LogP contribution in [0.25, 0.3) is 11.3 Å². The number of furan rings is 1. The minimum absolute atomic E-state index is 0.0611. The van der Waals surface area contributed by atoms with Gasteiger partial charge in [-0.1, -0.05) is 15.9 Å². The standard InChI is InChI=1S/C14H12BrFO3/c1-8(2)18-14(17)13-6-5-12(19-13)10-4-3-9(15)7-11(10)16/h3-8H,1-2H3.